The number of benzene rings is 2. The monoisotopic (exact) mass is 442 g/mol. The molecule has 1 N–H and O–H groups in total. The van der Waals surface area contributed by atoms with Crippen LogP contribution in [0.15, 0.2) is 57.8 Å². The van der Waals surface area contributed by atoms with E-state index in [0.29, 0.717) is 11.0 Å². The number of carbonyl (C=O) groups is 2. The first-order valence-corrected chi connectivity index (χ1v) is 11.3. The molecule has 0 radical (unpaired) electrons. The van der Waals surface area contributed by atoms with Gasteiger partial charge in [0.25, 0.3) is 5.91 Å². The SMILES string of the molecule is CCOC(=O)c1oc2ccccc2c1NC(=O)c1ccc(S(=O)(=O)N(C)C2CC2)cc1. The molecule has 0 unspecified atom stereocenters. The number of amides is 1. The summed E-state index contributed by atoms with van der Waals surface area (Å²) in [7, 11) is -2.03. The number of carbonyl (C=O) groups excluding carboxylic acids is 2. The molecule has 0 spiro atoms. The second-order valence-electron chi connectivity index (χ2n) is 7.25. The Morgan fingerprint density at radius 2 is 1.81 bits per heavy atom. The van der Waals surface area contributed by atoms with Gasteiger partial charge in [-0.1, -0.05) is 12.1 Å². The van der Waals surface area contributed by atoms with Gasteiger partial charge in [0.15, 0.2) is 0 Å². The van der Waals surface area contributed by atoms with Crippen LogP contribution in [-0.2, 0) is 14.8 Å². The van der Waals surface area contributed by atoms with Crippen molar-refractivity contribution >= 4 is 38.6 Å². The quantitative estimate of drug-likeness (QED) is 0.560. The molecule has 31 heavy (non-hydrogen) atoms. The fourth-order valence-corrected chi connectivity index (χ4v) is 4.69. The molecule has 0 atom stereocenters. The number of fused-ring (bicyclic) bond motifs is 1. The van der Waals surface area contributed by atoms with Gasteiger partial charge in [-0.15, -0.1) is 0 Å². The minimum absolute atomic E-state index is 0.0450. The van der Waals surface area contributed by atoms with E-state index in [2.05, 4.69) is 5.32 Å². The third kappa shape index (κ3) is 4.06. The molecule has 1 saturated carbocycles. The van der Waals surface area contributed by atoms with Crippen LogP contribution in [0.4, 0.5) is 5.69 Å². The van der Waals surface area contributed by atoms with E-state index < -0.39 is 21.9 Å². The number of hydrogen-bond donors (Lipinski definition) is 1. The number of sulfonamides is 1. The van der Waals surface area contributed by atoms with Crippen molar-refractivity contribution in [3.8, 4) is 0 Å². The zero-order valence-electron chi connectivity index (χ0n) is 17.1. The minimum atomic E-state index is -3.60. The molecule has 1 amide bonds. The van der Waals surface area contributed by atoms with Crippen LogP contribution in [0.5, 0.6) is 0 Å². The molecule has 1 aliphatic rings. The van der Waals surface area contributed by atoms with Gasteiger partial charge >= 0.3 is 5.97 Å². The topological polar surface area (TPSA) is 106 Å². The van der Waals surface area contributed by atoms with Gasteiger partial charge in [0.05, 0.1) is 11.5 Å². The van der Waals surface area contributed by atoms with Gasteiger partial charge in [-0.25, -0.2) is 13.2 Å². The van der Waals surface area contributed by atoms with E-state index in [-0.39, 0.29) is 34.6 Å². The van der Waals surface area contributed by atoms with E-state index in [1.807, 2.05) is 0 Å². The Hall–Kier alpha value is -3.17. The van der Waals surface area contributed by atoms with Crippen molar-refractivity contribution in [2.45, 2.75) is 30.7 Å². The maximum absolute atomic E-state index is 12.8. The van der Waals surface area contributed by atoms with Gasteiger partial charge in [-0.3, -0.25) is 4.79 Å². The molecule has 0 saturated heterocycles. The molecule has 3 aromatic rings. The Morgan fingerprint density at radius 3 is 2.45 bits per heavy atom. The van der Waals surface area contributed by atoms with Crippen LogP contribution in [0.3, 0.4) is 0 Å². The van der Waals surface area contributed by atoms with Crippen LogP contribution < -0.4 is 5.32 Å². The number of para-hydroxylation sites is 1. The molecular weight excluding hydrogens is 420 g/mol. The van der Waals surface area contributed by atoms with Crippen LogP contribution in [0.2, 0.25) is 0 Å². The summed E-state index contributed by atoms with van der Waals surface area (Å²) < 4.78 is 37.3. The molecule has 0 aliphatic heterocycles. The molecule has 0 bridgehead atoms. The lowest BCUT2D eigenvalue weighted by Crippen LogP contribution is -2.29. The second kappa shape index (κ2) is 8.16. The zero-order valence-corrected chi connectivity index (χ0v) is 17.9. The van der Waals surface area contributed by atoms with Crippen molar-refractivity contribution in [1.82, 2.24) is 4.31 Å². The Kier molecular flexibility index (Phi) is 5.55. The summed E-state index contributed by atoms with van der Waals surface area (Å²) in [6.07, 6.45) is 1.72. The lowest BCUT2D eigenvalue weighted by atomic mass is 10.2. The van der Waals surface area contributed by atoms with Crippen molar-refractivity contribution in [3.63, 3.8) is 0 Å². The predicted octanol–water partition coefficient (Wildman–Crippen LogP) is 3.64. The number of nitrogens with zero attached hydrogens (tertiary/aromatic N) is 1. The highest BCUT2D eigenvalue weighted by molar-refractivity contribution is 7.89. The van der Waals surface area contributed by atoms with Crippen LogP contribution in [-0.4, -0.2) is 44.3 Å². The Morgan fingerprint density at radius 1 is 1.13 bits per heavy atom. The first-order chi connectivity index (χ1) is 14.8. The molecule has 4 rings (SSSR count). The highest BCUT2D eigenvalue weighted by Gasteiger charge is 2.35. The number of furan rings is 1. The van der Waals surface area contributed by atoms with Gasteiger partial charge in [0, 0.05) is 24.0 Å². The van der Waals surface area contributed by atoms with E-state index in [1.54, 1.807) is 38.2 Å². The summed E-state index contributed by atoms with van der Waals surface area (Å²) in [6, 6.07) is 12.7. The summed E-state index contributed by atoms with van der Waals surface area (Å²) in [5.41, 5.74) is 0.891. The summed E-state index contributed by atoms with van der Waals surface area (Å²) in [6.45, 7) is 1.84. The van der Waals surface area contributed by atoms with Crippen molar-refractivity contribution in [3.05, 3.63) is 59.9 Å². The molecule has 1 aromatic heterocycles. The molecule has 162 valence electrons. The summed E-state index contributed by atoms with van der Waals surface area (Å²) in [5.74, 6) is -1.28. The highest BCUT2D eigenvalue weighted by Crippen LogP contribution is 2.32. The number of ether oxygens (including phenoxy) is 1. The van der Waals surface area contributed by atoms with Crippen molar-refractivity contribution in [2.24, 2.45) is 0 Å². The van der Waals surface area contributed by atoms with Gasteiger partial charge in [0.2, 0.25) is 15.8 Å². The van der Waals surface area contributed by atoms with Crippen molar-refractivity contribution in [1.29, 1.82) is 0 Å². The van der Waals surface area contributed by atoms with Crippen LogP contribution in [0.25, 0.3) is 11.0 Å². The summed E-state index contributed by atoms with van der Waals surface area (Å²) in [4.78, 5) is 25.3. The van der Waals surface area contributed by atoms with Crippen LogP contribution in [0, 0.1) is 0 Å². The van der Waals surface area contributed by atoms with E-state index >= 15 is 0 Å². The van der Waals surface area contributed by atoms with E-state index in [9.17, 15) is 18.0 Å². The molecule has 2 aromatic carbocycles. The van der Waals surface area contributed by atoms with Gasteiger partial charge in [-0.2, -0.15) is 4.31 Å². The van der Waals surface area contributed by atoms with Gasteiger partial charge in [-0.05, 0) is 56.2 Å². The molecule has 1 fully saturated rings. The van der Waals surface area contributed by atoms with Crippen molar-refractivity contribution < 1.29 is 27.2 Å². The second-order valence-corrected chi connectivity index (χ2v) is 9.25. The number of rotatable bonds is 7. The van der Waals surface area contributed by atoms with Crippen LogP contribution in [0.1, 0.15) is 40.7 Å². The van der Waals surface area contributed by atoms with Gasteiger partial charge < -0.3 is 14.5 Å². The van der Waals surface area contributed by atoms with E-state index in [4.69, 9.17) is 9.15 Å². The average molecular weight is 442 g/mol. The zero-order chi connectivity index (χ0) is 22.2. The largest absolute Gasteiger partial charge is 0.460 e. The lowest BCUT2D eigenvalue weighted by Gasteiger charge is -2.16. The standard InChI is InChI=1S/C22H22N2O6S/c1-3-29-22(26)20-19(17-6-4-5-7-18(17)30-20)23-21(25)14-8-12-16(13-9-14)31(27,28)24(2)15-10-11-15/h4-9,12-13,15H,3,10-11H2,1-2H3,(H,23,25). The highest BCUT2D eigenvalue weighted by atomic mass is 32.2. The number of esters is 1. The Bertz CT molecular complexity index is 1240. The summed E-state index contributed by atoms with van der Waals surface area (Å²) >= 11 is 0. The van der Waals surface area contributed by atoms with E-state index in [1.165, 1.54) is 28.6 Å². The lowest BCUT2D eigenvalue weighted by molar-refractivity contribution is 0.0494. The molecule has 1 heterocycles. The number of hydrogen-bond acceptors (Lipinski definition) is 6. The molecule has 9 heteroatoms. The maximum atomic E-state index is 12.8. The van der Waals surface area contributed by atoms with Crippen LogP contribution >= 0.6 is 0 Å². The normalized spacial score (nSPS) is 14.0. The smallest absolute Gasteiger partial charge is 0.376 e. The van der Waals surface area contributed by atoms with Crippen molar-refractivity contribution in [2.75, 3.05) is 19.0 Å². The first-order valence-electron chi connectivity index (χ1n) is 9.91. The summed E-state index contributed by atoms with van der Waals surface area (Å²) in [5, 5.41) is 3.26. The number of anilines is 1. The maximum Gasteiger partial charge on any atom is 0.376 e. The fourth-order valence-electron chi connectivity index (χ4n) is 3.27. The molecule has 8 nitrogen and oxygen atoms in total. The number of nitrogens with one attached hydrogen (secondary N) is 1. The Labute approximate surface area is 179 Å². The third-order valence-electron chi connectivity index (χ3n) is 5.15. The van der Waals surface area contributed by atoms with Gasteiger partial charge in [0.1, 0.15) is 11.3 Å². The minimum Gasteiger partial charge on any atom is -0.460 e. The predicted molar refractivity (Wildman–Crippen MR) is 115 cm³/mol. The third-order valence-corrected chi connectivity index (χ3v) is 7.07. The first kappa shape index (κ1) is 21.1. The molecule has 1 aliphatic carbocycles. The molecular formula is C22H22N2O6S. The Balaban J connectivity index is 1.61. The van der Waals surface area contributed by atoms with E-state index in [0.717, 1.165) is 12.8 Å². The average Bonchev–Trinajstić information content (AvgIpc) is 3.55. The fraction of sp³-hybridized carbons (Fsp3) is 0.273.